The molecule has 1 heterocycles. The lowest BCUT2D eigenvalue weighted by Crippen LogP contribution is -1.93. The summed E-state index contributed by atoms with van der Waals surface area (Å²) in [6.07, 6.45) is 1.61. The third-order valence-electron chi connectivity index (χ3n) is 1.86. The van der Waals surface area contributed by atoms with E-state index in [2.05, 4.69) is 5.16 Å². The molecular formula is C11H11NO2. The molecule has 0 radical (unpaired) electrons. The lowest BCUT2D eigenvalue weighted by molar-refractivity contribution is 0.249. The predicted octanol–water partition coefficient (Wildman–Crippen LogP) is 2.56. The molecular weight excluding hydrogens is 178 g/mol. The van der Waals surface area contributed by atoms with Gasteiger partial charge in [-0.2, -0.15) is 0 Å². The van der Waals surface area contributed by atoms with Crippen LogP contribution < -0.4 is 4.74 Å². The highest BCUT2D eigenvalue weighted by Gasteiger charge is 1.98. The molecule has 0 atom stereocenters. The second-order valence-corrected chi connectivity index (χ2v) is 3.08. The van der Waals surface area contributed by atoms with E-state index in [9.17, 15) is 0 Å². The van der Waals surface area contributed by atoms with Gasteiger partial charge in [-0.15, -0.1) is 0 Å². The van der Waals surface area contributed by atoms with Crippen LogP contribution in [0.5, 0.6) is 5.75 Å². The highest BCUT2D eigenvalue weighted by molar-refractivity contribution is 5.27. The van der Waals surface area contributed by atoms with Gasteiger partial charge in [-0.05, 0) is 24.6 Å². The van der Waals surface area contributed by atoms with Crippen molar-refractivity contribution >= 4 is 0 Å². The molecule has 0 amide bonds. The van der Waals surface area contributed by atoms with Crippen LogP contribution in [0.3, 0.4) is 0 Å². The Balaban J connectivity index is 1.98. The Hall–Kier alpha value is -1.77. The zero-order chi connectivity index (χ0) is 9.80. The number of ether oxygens (including phenoxy) is 1. The molecule has 0 fully saturated rings. The summed E-state index contributed by atoms with van der Waals surface area (Å²) in [6.45, 7) is 2.45. The molecule has 1 aromatic carbocycles. The van der Waals surface area contributed by atoms with Crippen molar-refractivity contribution in [2.45, 2.75) is 13.5 Å². The van der Waals surface area contributed by atoms with Crippen LogP contribution in [0, 0.1) is 6.92 Å². The van der Waals surface area contributed by atoms with Gasteiger partial charge in [0.05, 0.1) is 6.20 Å². The van der Waals surface area contributed by atoms with Gasteiger partial charge in [0.15, 0.2) is 5.76 Å². The van der Waals surface area contributed by atoms with Crippen LogP contribution in [-0.4, -0.2) is 5.16 Å². The summed E-state index contributed by atoms with van der Waals surface area (Å²) in [5, 5.41) is 3.60. The van der Waals surface area contributed by atoms with Crippen molar-refractivity contribution < 1.29 is 9.26 Å². The third kappa shape index (κ3) is 2.13. The maximum absolute atomic E-state index is 5.50. The van der Waals surface area contributed by atoms with Gasteiger partial charge in [-0.25, -0.2) is 0 Å². The number of hydrogen-bond acceptors (Lipinski definition) is 3. The van der Waals surface area contributed by atoms with Gasteiger partial charge in [-0.1, -0.05) is 17.3 Å². The molecule has 1 aromatic heterocycles. The van der Waals surface area contributed by atoms with Crippen LogP contribution in [0.4, 0.5) is 0 Å². The summed E-state index contributed by atoms with van der Waals surface area (Å²) in [5.74, 6) is 1.58. The van der Waals surface area contributed by atoms with Gasteiger partial charge >= 0.3 is 0 Å². The fourth-order valence-corrected chi connectivity index (χ4v) is 1.18. The first-order valence-corrected chi connectivity index (χ1v) is 4.43. The zero-order valence-corrected chi connectivity index (χ0v) is 7.93. The van der Waals surface area contributed by atoms with Crippen LogP contribution in [0.1, 0.15) is 11.3 Å². The van der Waals surface area contributed by atoms with E-state index in [-0.39, 0.29) is 0 Å². The van der Waals surface area contributed by atoms with Crippen molar-refractivity contribution in [3.63, 3.8) is 0 Å². The second kappa shape index (κ2) is 3.96. The van der Waals surface area contributed by atoms with Gasteiger partial charge in [0.2, 0.25) is 0 Å². The van der Waals surface area contributed by atoms with E-state index in [0.717, 1.165) is 11.5 Å². The molecule has 0 spiro atoms. The molecule has 0 saturated carbocycles. The number of nitrogens with zero attached hydrogens (tertiary/aromatic N) is 1. The van der Waals surface area contributed by atoms with Gasteiger partial charge in [0, 0.05) is 6.07 Å². The molecule has 0 bridgehead atoms. The fraction of sp³-hybridized carbons (Fsp3) is 0.182. The summed E-state index contributed by atoms with van der Waals surface area (Å²) < 4.78 is 10.4. The Kier molecular flexibility index (Phi) is 2.49. The van der Waals surface area contributed by atoms with E-state index in [1.165, 1.54) is 5.56 Å². The molecule has 0 N–H and O–H groups in total. The van der Waals surface area contributed by atoms with E-state index in [0.29, 0.717) is 6.61 Å². The second-order valence-electron chi connectivity index (χ2n) is 3.08. The zero-order valence-electron chi connectivity index (χ0n) is 7.93. The molecule has 2 aromatic rings. The van der Waals surface area contributed by atoms with E-state index < -0.39 is 0 Å². The minimum Gasteiger partial charge on any atom is -0.486 e. The van der Waals surface area contributed by atoms with Crippen molar-refractivity contribution in [2.24, 2.45) is 0 Å². The van der Waals surface area contributed by atoms with Gasteiger partial charge in [-0.3, -0.25) is 0 Å². The molecule has 3 nitrogen and oxygen atoms in total. The predicted molar refractivity (Wildman–Crippen MR) is 52.0 cm³/mol. The van der Waals surface area contributed by atoms with Gasteiger partial charge in [0.1, 0.15) is 12.4 Å². The van der Waals surface area contributed by atoms with Crippen LogP contribution in [0.2, 0.25) is 0 Å². The summed E-state index contributed by atoms with van der Waals surface area (Å²) in [5.41, 5.74) is 1.18. The number of aryl methyl sites for hydroxylation is 1. The van der Waals surface area contributed by atoms with Crippen LogP contribution in [-0.2, 0) is 6.61 Å². The van der Waals surface area contributed by atoms with Crippen molar-refractivity contribution in [3.05, 3.63) is 47.9 Å². The average Bonchev–Trinajstić information content (AvgIpc) is 2.67. The fourth-order valence-electron chi connectivity index (χ4n) is 1.18. The topological polar surface area (TPSA) is 35.3 Å². The molecule has 0 saturated heterocycles. The molecule has 2 rings (SSSR count). The van der Waals surface area contributed by atoms with Crippen molar-refractivity contribution in [1.29, 1.82) is 0 Å². The smallest absolute Gasteiger partial charge is 0.174 e. The first-order valence-electron chi connectivity index (χ1n) is 4.43. The highest BCUT2D eigenvalue weighted by atomic mass is 16.5. The molecule has 14 heavy (non-hydrogen) atoms. The quantitative estimate of drug-likeness (QED) is 0.744. The Morgan fingerprint density at radius 1 is 1.36 bits per heavy atom. The van der Waals surface area contributed by atoms with Gasteiger partial charge < -0.3 is 9.26 Å². The summed E-state index contributed by atoms with van der Waals surface area (Å²) in [6, 6.07) is 9.68. The first kappa shape index (κ1) is 8.81. The molecule has 0 aliphatic heterocycles. The van der Waals surface area contributed by atoms with Crippen LogP contribution in [0.15, 0.2) is 41.1 Å². The third-order valence-corrected chi connectivity index (χ3v) is 1.86. The Morgan fingerprint density at radius 3 is 3.00 bits per heavy atom. The maximum atomic E-state index is 5.50. The van der Waals surface area contributed by atoms with E-state index >= 15 is 0 Å². The maximum Gasteiger partial charge on any atom is 0.174 e. The molecule has 3 heteroatoms. The monoisotopic (exact) mass is 189 g/mol. The molecule has 0 unspecified atom stereocenters. The van der Waals surface area contributed by atoms with Crippen molar-refractivity contribution in [1.82, 2.24) is 5.16 Å². The Labute approximate surface area is 82.3 Å². The molecule has 0 aliphatic rings. The number of hydrogen-bond donors (Lipinski definition) is 0. The van der Waals surface area contributed by atoms with Crippen LogP contribution in [0.25, 0.3) is 0 Å². The molecule has 0 aliphatic carbocycles. The number of benzene rings is 1. The lowest BCUT2D eigenvalue weighted by atomic mass is 10.2. The first-order chi connectivity index (χ1) is 6.84. The van der Waals surface area contributed by atoms with Crippen molar-refractivity contribution in [3.8, 4) is 5.75 Å². The summed E-state index contributed by atoms with van der Waals surface area (Å²) >= 11 is 0. The summed E-state index contributed by atoms with van der Waals surface area (Å²) in [7, 11) is 0. The van der Waals surface area contributed by atoms with Gasteiger partial charge in [0.25, 0.3) is 0 Å². The molecule has 72 valence electrons. The van der Waals surface area contributed by atoms with E-state index in [1.54, 1.807) is 12.3 Å². The largest absolute Gasteiger partial charge is 0.486 e. The Bertz CT molecular complexity index is 395. The minimum atomic E-state index is 0.420. The number of aromatic nitrogens is 1. The average molecular weight is 189 g/mol. The summed E-state index contributed by atoms with van der Waals surface area (Å²) in [4.78, 5) is 0. The normalized spacial score (nSPS) is 10.1. The van der Waals surface area contributed by atoms with Crippen LogP contribution >= 0.6 is 0 Å². The highest BCUT2D eigenvalue weighted by Crippen LogP contribution is 2.14. The number of rotatable bonds is 3. The van der Waals surface area contributed by atoms with E-state index in [1.807, 2.05) is 31.2 Å². The van der Waals surface area contributed by atoms with E-state index in [4.69, 9.17) is 9.26 Å². The minimum absolute atomic E-state index is 0.420. The lowest BCUT2D eigenvalue weighted by Gasteiger charge is -2.03. The standard InChI is InChI=1S/C11H11NO2/c1-9-3-2-4-10(7-9)13-8-11-5-6-12-14-11/h2-7H,8H2,1H3. The van der Waals surface area contributed by atoms with Crippen molar-refractivity contribution in [2.75, 3.05) is 0 Å². The SMILES string of the molecule is Cc1cccc(OCc2ccno2)c1. The Morgan fingerprint density at radius 2 is 2.29 bits per heavy atom.